The third-order valence-corrected chi connectivity index (χ3v) is 6.37. The molecule has 12 nitrogen and oxygen atoms in total. The number of nitrogens with two attached hydrogens (primary N) is 2. The van der Waals surface area contributed by atoms with Crippen molar-refractivity contribution >= 4 is 45.8 Å². The van der Waals surface area contributed by atoms with E-state index in [-0.39, 0.29) is 35.5 Å². The maximum absolute atomic E-state index is 12.6. The highest BCUT2D eigenvalue weighted by Gasteiger charge is 2.43. The monoisotopic (exact) mass is 458 g/mol. The normalized spacial score (nSPS) is 16.9. The molecule has 5 aromatic rings. The van der Waals surface area contributed by atoms with E-state index in [0.717, 1.165) is 11.1 Å². The lowest BCUT2D eigenvalue weighted by atomic mass is 9.66. The first kappa shape index (κ1) is 19.9. The van der Waals surface area contributed by atoms with E-state index in [4.69, 9.17) is 11.5 Å². The minimum atomic E-state index is -0.213. The average Bonchev–Trinajstić information content (AvgIpc) is 3.59. The van der Waals surface area contributed by atoms with E-state index < -0.39 is 0 Å². The average molecular weight is 458 g/mol. The molecule has 1 aliphatic rings. The van der Waals surface area contributed by atoms with Crippen LogP contribution in [0.3, 0.4) is 0 Å². The van der Waals surface area contributed by atoms with Crippen molar-refractivity contribution in [3.63, 3.8) is 0 Å². The van der Waals surface area contributed by atoms with Crippen LogP contribution in [0.4, 0.5) is 11.9 Å². The van der Waals surface area contributed by atoms with Gasteiger partial charge >= 0.3 is 0 Å². The lowest BCUT2D eigenvalue weighted by molar-refractivity contribution is 0.0927. The number of nitrogen functional groups attached to an aromatic ring is 2. The Balaban J connectivity index is 1.38. The van der Waals surface area contributed by atoms with Crippen molar-refractivity contribution in [1.29, 1.82) is 0 Å². The van der Waals surface area contributed by atoms with Gasteiger partial charge in [-0.05, 0) is 35.4 Å². The van der Waals surface area contributed by atoms with Crippen molar-refractivity contribution in [3.8, 4) is 0 Å². The summed E-state index contributed by atoms with van der Waals surface area (Å²) >= 11 is 0. The van der Waals surface area contributed by atoms with Gasteiger partial charge in [0.2, 0.25) is 0 Å². The Kier molecular flexibility index (Phi) is 4.33. The van der Waals surface area contributed by atoms with Crippen LogP contribution in [-0.2, 0) is 0 Å². The van der Waals surface area contributed by atoms with Gasteiger partial charge in [-0.3, -0.25) is 9.59 Å². The molecule has 1 aromatic carbocycles. The van der Waals surface area contributed by atoms with E-state index in [0.29, 0.717) is 46.5 Å². The highest BCUT2D eigenvalue weighted by molar-refractivity contribution is 6.07. The van der Waals surface area contributed by atoms with E-state index in [1.165, 1.54) is 0 Å². The number of carbonyl (C=O) groups excluding carboxylic acids is 2. The third-order valence-electron chi connectivity index (χ3n) is 6.37. The molecule has 10 N–H and O–H groups in total. The molecule has 2 amide bonds. The van der Waals surface area contributed by atoms with Gasteiger partial charge in [-0.1, -0.05) is 0 Å². The van der Waals surface area contributed by atoms with Crippen LogP contribution in [0.5, 0.6) is 0 Å². The van der Waals surface area contributed by atoms with E-state index in [9.17, 15) is 9.59 Å². The van der Waals surface area contributed by atoms with Crippen molar-refractivity contribution in [2.75, 3.05) is 24.6 Å². The van der Waals surface area contributed by atoms with Crippen LogP contribution in [0.25, 0.3) is 22.1 Å². The predicted molar refractivity (Wildman–Crippen MR) is 126 cm³/mol. The van der Waals surface area contributed by atoms with Gasteiger partial charge in [-0.15, -0.1) is 0 Å². The molecule has 0 saturated carbocycles. The van der Waals surface area contributed by atoms with E-state index in [2.05, 4.69) is 40.5 Å². The Bertz CT molecular complexity index is 1410. The van der Waals surface area contributed by atoms with Crippen molar-refractivity contribution in [2.45, 2.75) is 11.8 Å². The fourth-order valence-corrected chi connectivity index (χ4v) is 4.87. The van der Waals surface area contributed by atoms with Crippen LogP contribution in [0.1, 0.15) is 43.9 Å². The number of benzene rings is 1. The molecule has 34 heavy (non-hydrogen) atoms. The van der Waals surface area contributed by atoms with Gasteiger partial charge in [0.1, 0.15) is 11.4 Å². The molecule has 172 valence electrons. The molecule has 0 unspecified atom stereocenters. The molecule has 1 aliphatic carbocycles. The lowest BCUT2D eigenvalue weighted by Gasteiger charge is -2.40. The summed E-state index contributed by atoms with van der Waals surface area (Å²) in [6, 6.07) is 6.95. The molecule has 6 rings (SSSR count). The Morgan fingerprint density at radius 1 is 0.794 bits per heavy atom. The Morgan fingerprint density at radius 2 is 1.24 bits per heavy atom. The number of nitrogens with one attached hydrogen (secondary N) is 6. The molecule has 0 saturated heterocycles. The number of aromatic nitrogens is 6. The van der Waals surface area contributed by atoms with Crippen LogP contribution < -0.4 is 22.1 Å². The largest absolute Gasteiger partial charge is 0.369 e. The van der Waals surface area contributed by atoms with Crippen LogP contribution in [0.15, 0.2) is 36.7 Å². The number of amides is 2. The zero-order valence-corrected chi connectivity index (χ0v) is 17.9. The summed E-state index contributed by atoms with van der Waals surface area (Å²) in [5, 5.41) is 5.97. The molecular weight excluding hydrogens is 436 g/mol. The second-order valence-corrected chi connectivity index (χ2v) is 8.32. The van der Waals surface area contributed by atoms with E-state index in [1.807, 2.05) is 0 Å². The zero-order chi connectivity index (χ0) is 23.4. The van der Waals surface area contributed by atoms with Crippen LogP contribution >= 0.6 is 0 Å². The fraction of sp³-hybridized carbons (Fsp3) is 0.182. The van der Waals surface area contributed by atoms with E-state index >= 15 is 0 Å². The maximum atomic E-state index is 12.6. The molecule has 0 fully saturated rings. The van der Waals surface area contributed by atoms with Crippen molar-refractivity contribution in [2.24, 2.45) is 0 Å². The number of carbonyl (C=O) groups is 2. The molecule has 4 heterocycles. The van der Waals surface area contributed by atoms with Gasteiger partial charge in [0, 0.05) is 37.3 Å². The molecule has 4 aromatic heterocycles. The third kappa shape index (κ3) is 2.99. The summed E-state index contributed by atoms with van der Waals surface area (Å²) in [7, 11) is 0. The number of H-pyrrole nitrogens is 4. The minimum Gasteiger partial charge on any atom is -0.369 e. The second kappa shape index (κ2) is 7.40. The molecule has 0 bridgehead atoms. The van der Waals surface area contributed by atoms with Crippen LogP contribution in [-0.4, -0.2) is 54.8 Å². The molecule has 2 atom stereocenters. The van der Waals surface area contributed by atoms with Gasteiger partial charge in [-0.2, -0.15) is 0 Å². The Labute approximate surface area is 191 Å². The van der Waals surface area contributed by atoms with Gasteiger partial charge in [0.25, 0.3) is 11.8 Å². The van der Waals surface area contributed by atoms with Gasteiger partial charge in [0.05, 0.1) is 22.1 Å². The molecule has 0 radical (unpaired) electrons. The first-order valence-electron chi connectivity index (χ1n) is 10.8. The standard InChI is InChI=1S/C22H22N10O2/c23-21-29-15-13-9(7-27-19(33)11-3-1-5-25-11)10(8-28-20(34)12-4-2-6-26-12)14(13)16-18(17(15)31-21)32-22(24)30-16/h1-6,9-10,25-26H,7-8H2,(H,27,33)(H,28,34)(H3,23,29,31)(H3,24,30,32)/t9-,10-/m0/s1. The fourth-order valence-electron chi connectivity index (χ4n) is 4.87. The summed E-state index contributed by atoms with van der Waals surface area (Å²) in [5.74, 6) is -0.118. The summed E-state index contributed by atoms with van der Waals surface area (Å²) in [5.41, 5.74) is 17.6. The highest BCUT2D eigenvalue weighted by Crippen LogP contribution is 2.52. The Hall–Kier alpha value is -4.74. The second-order valence-electron chi connectivity index (χ2n) is 8.32. The quantitative estimate of drug-likeness (QED) is 0.188. The number of anilines is 2. The minimum absolute atomic E-state index is 0.120. The van der Waals surface area contributed by atoms with Gasteiger partial charge in [0.15, 0.2) is 11.9 Å². The number of hydrogen-bond donors (Lipinski definition) is 8. The van der Waals surface area contributed by atoms with Crippen molar-refractivity contribution < 1.29 is 9.59 Å². The van der Waals surface area contributed by atoms with Crippen LogP contribution in [0.2, 0.25) is 0 Å². The number of nitrogens with zero attached hydrogens (tertiary/aromatic N) is 2. The summed E-state index contributed by atoms with van der Waals surface area (Å²) in [6.07, 6.45) is 3.39. The summed E-state index contributed by atoms with van der Waals surface area (Å²) < 4.78 is 0. The predicted octanol–water partition coefficient (Wildman–Crippen LogP) is 1.30. The molecular formula is C22H22N10O2. The maximum Gasteiger partial charge on any atom is 0.267 e. The van der Waals surface area contributed by atoms with Gasteiger partial charge < -0.3 is 42.0 Å². The van der Waals surface area contributed by atoms with Crippen molar-refractivity contribution in [1.82, 2.24) is 40.5 Å². The van der Waals surface area contributed by atoms with Gasteiger partial charge in [-0.25, -0.2) is 9.97 Å². The number of hydrogen-bond acceptors (Lipinski definition) is 6. The molecule has 12 heteroatoms. The molecule has 0 spiro atoms. The van der Waals surface area contributed by atoms with Crippen molar-refractivity contribution in [3.05, 3.63) is 59.2 Å². The zero-order valence-electron chi connectivity index (χ0n) is 17.9. The number of rotatable bonds is 6. The first-order valence-corrected chi connectivity index (χ1v) is 10.8. The lowest BCUT2D eigenvalue weighted by Crippen LogP contribution is -2.42. The topological polar surface area (TPSA) is 199 Å². The SMILES string of the molecule is Nc1nc2c3c(c4nc(N)[nH]c4c2[nH]1)[C@@H](CNC(=O)c1ccc[nH]1)[C@@H]3CNC(=O)c1ccc[nH]1. The number of imidazole rings is 2. The van der Waals surface area contributed by atoms with Crippen LogP contribution in [0, 0.1) is 0 Å². The summed E-state index contributed by atoms with van der Waals surface area (Å²) in [6.45, 7) is 0.697. The number of aromatic amines is 4. The number of fused-ring (bicyclic) bond motifs is 6. The first-order chi connectivity index (χ1) is 16.5. The smallest absolute Gasteiger partial charge is 0.267 e. The molecule has 0 aliphatic heterocycles. The summed E-state index contributed by atoms with van der Waals surface area (Å²) in [4.78, 5) is 46.2. The Morgan fingerprint density at radius 3 is 1.62 bits per heavy atom. The highest BCUT2D eigenvalue weighted by atomic mass is 16.2. The van der Waals surface area contributed by atoms with E-state index in [1.54, 1.807) is 36.7 Å².